The van der Waals surface area contributed by atoms with Crippen molar-refractivity contribution in [2.45, 2.75) is 18.9 Å². The molecule has 1 saturated heterocycles. The number of hydrogen-bond donors (Lipinski definition) is 2. The van der Waals surface area contributed by atoms with Crippen LogP contribution >= 0.6 is 24.0 Å². The molecule has 0 spiro atoms. The van der Waals surface area contributed by atoms with Crippen molar-refractivity contribution in [2.24, 2.45) is 4.99 Å². The van der Waals surface area contributed by atoms with Crippen LogP contribution in [0.3, 0.4) is 0 Å². The Kier molecular flexibility index (Phi) is 10.8. The van der Waals surface area contributed by atoms with E-state index in [-0.39, 0.29) is 24.0 Å². The molecule has 0 bridgehead atoms. The predicted molar refractivity (Wildman–Crippen MR) is 113 cm³/mol. The van der Waals surface area contributed by atoms with Crippen molar-refractivity contribution in [3.05, 3.63) is 29.8 Å². The number of methoxy groups -OCH3 is 2. The monoisotopic (exact) mass is 462 g/mol. The van der Waals surface area contributed by atoms with Gasteiger partial charge in [-0.05, 0) is 43.6 Å². The molecule has 1 unspecified atom stereocenters. The third-order valence-corrected chi connectivity index (χ3v) is 4.35. The summed E-state index contributed by atoms with van der Waals surface area (Å²) in [6, 6.07) is 8.66. The fraction of sp³-hybridized carbons (Fsp3) is 0.611. The van der Waals surface area contributed by atoms with Gasteiger partial charge in [0.25, 0.3) is 0 Å². The molecular weight excluding hydrogens is 431 g/mol. The van der Waals surface area contributed by atoms with Gasteiger partial charge in [-0.15, -0.1) is 24.0 Å². The molecule has 1 aliphatic rings. The first-order chi connectivity index (χ1) is 11.8. The molecule has 1 fully saturated rings. The van der Waals surface area contributed by atoms with Crippen molar-refractivity contribution in [2.75, 3.05) is 54.1 Å². The highest BCUT2D eigenvalue weighted by atomic mass is 127. The SMILES string of the molecule is CN=C(NCCOC)NCC(c1cccc(OC)c1)N1CCCC1.I. The largest absolute Gasteiger partial charge is 0.497 e. The normalized spacial score (nSPS) is 16.2. The first-order valence-corrected chi connectivity index (χ1v) is 8.60. The Labute approximate surface area is 168 Å². The van der Waals surface area contributed by atoms with Gasteiger partial charge in [0.05, 0.1) is 19.8 Å². The number of benzene rings is 1. The highest BCUT2D eigenvalue weighted by Crippen LogP contribution is 2.27. The van der Waals surface area contributed by atoms with Crippen LogP contribution in [0, 0.1) is 0 Å². The number of ether oxygens (including phenoxy) is 2. The van der Waals surface area contributed by atoms with E-state index in [4.69, 9.17) is 9.47 Å². The summed E-state index contributed by atoms with van der Waals surface area (Å²) in [7, 11) is 5.20. The van der Waals surface area contributed by atoms with Crippen molar-refractivity contribution in [1.29, 1.82) is 0 Å². The average Bonchev–Trinajstić information content (AvgIpc) is 3.15. The molecule has 6 nitrogen and oxygen atoms in total. The van der Waals surface area contributed by atoms with E-state index in [1.165, 1.54) is 18.4 Å². The third-order valence-electron chi connectivity index (χ3n) is 4.35. The molecule has 0 aliphatic carbocycles. The number of nitrogens with one attached hydrogen (secondary N) is 2. The molecule has 0 amide bonds. The van der Waals surface area contributed by atoms with Crippen molar-refractivity contribution in [1.82, 2.24) is 15.5 Å². The summed E-state index contributed by atoms with van der Waals surface area (Å²) in [6.45, 7) is 4.48. The number of guanidine groups is 1. The second-order valence-corrected chi connectivity index (χ2v) is 5.91. The Balaban J connectivity index is 0.00000312. The Morgan fingerprint density at radius 1 is 1.24 bits per heavy atom. The van der Waals surface area contributed by atoms with E-state index in [9.17, 15) is 0 Å². The Morgan fingerprint density at radius 3 is 2.64 bits per heavy atom. The van der Waals surface area contributed by atoms with Crippen LogP contribution in [0.4, 0.5) is 0 Å². The summed E-state index contributed by atoms with van der Waals surface area (Å²) < 4.78 is 10.5. The molecule has 2 N–H and O–H groups in total. The van der Waals surface area contributed by atoms with Crippen LogP contribution < -0.4 is 15.4 Å². The molecule has 7 heteroatoms. The summed E-state index contributed by atoms with van der Waals surface area (Å²) in [5.41, 5.74) is 1.27. The highest BCUT2D eigenvalue weighted by Gasteiger charge is 2.24. The lowest BCUT2D eigenvalue weighted by Gasteiger charge is -2.29. The minimum atomic E-state index is 0. The van der Waals surface area contributed by atoms with Crippen LogP contribution in [0.2, 0.25) is 0 Å². The number of hydrogen-bond acceptors (Lipinski definition) is 4. The van der Waals surface area contributed by atoms with E-state index in [1.54, 1.807) is 21.3 Å². The maximum absolute atomic E-state index is 5.39. The lowest BCUT2D eigenvalue weighted by Crippen LogP contribution is -2.43. The Morgan fingerprint density at radius 2 is 2.00 bits per heavy atom. The molecule has 1 heterocycles. The van der Waals surface area contributed by atoms with Gasteiger partial charge in [0.2, 0.25) is 0 Å². The van der Waals surface area contributed by atoms with Gasteiger partial charge in [0, 0.05) is 27.2 Å². The third kappa shape index (κ3) is 6.99. The quantitative estimate of drug-likeness (QED) is 0.269. The minimum absolute atomic E-state index is 0. The van der Waals surface area contributed by atoms with Gasteiger partial charge in [-0.2, -0.15) is 0 Å². The first-order valence-electron chi connectivity index (χ1n) is 8.60. The molecule has 1 atom stereocenters. The summed E-state index contributed by atoms with van der Waals surface area (Å²) >= 11 is 0. The fourth-order valence-electron chi connectivity index (χ4n) is 3.05. The van der Waals surface area contributed by atoms with Crippen molar-refractivity contribution in [3.8, 4) is 5.75 Å². The van der Waals surface area contributed by atoms with E-state index in [0.29, 0.717) is 12.6 Å². The van der Waals surface area contributed by atoms with Crippen LogP contribution in [-0.4, -0.2) is 64.9 Å². The van der Waals surface area contributed by atoms with Gasteiger partial charge in [0.15, 0.2) is 5.96 Å². The predicted octanol–water partition coefficient (Wildman–Crippen LogP) is 2.26. The lowest BCUT2D eigenvalue weighted by molar-refractivity contribution is 0.203. The lowest BCUT2D eigenvalue weighted by atomic mass is 10.1. The van der Waals surface area contributed by atoms with E-state index in [2.05, 4.69) is 38.7 Å². The summed E-state index contributed by atoms with van der Waals surface area (Å²) in [5, 5.41) is 6.70. The van der Waals surface area contributed by atoms with E-state index in [1.807, 2.05) is 6.07 Å². The van der Waals surface area contributed by atoms with Crippen molar-refractivity contribution < 1.29 is 9.47 Å². The zero-order valence-electron chi connectivity index (χ0n) is 15.5. The molecule has 1 aromatic rings. The molecule has 25 heavy (non-hydrogen) atoms. The number of rotatable bonds is 8. The first kappa shape index (κ1) is 22.0. The molecule has 2 rings (SSSR count). The highest BCUT2D eigenvalue weighted by molar-refractivity contribution is 14.0. The number of likely N-dealkylation sites (tertiary alicyclic amines) is 1. The standard InChI is InChI=1S/C18H30N4O2.HI/c1-19-18(20-9-12-23-2)21-14-17(22-10-4-5-11-22)15-7-6-8-16(13-15)24-3;/h6-8,13,17H,4-5,9-12,14H2,1-3H3,(H2,19,20,21);1H. The van der Waals surface area contributed by atoms with Crippen LogP contribution in [0.15, 0.2) is 29.3 Å². The average molecular weight is 462 g/mol. The topological polar surface area (TPSA) is 58.1 Å². The van der Waals surface area contributed by atoms with E-state index < -0.39 is 0 Å². The van der Waals surface area contributed by atoms with Crippen LogP contribution in [0.1, 0.15) is 24.4 Å². The van der Waals surface area contributed by atoms with E-state index >= 15 is 0 Å². The molecule has 0 radical (unpaired) electrons. The van der Waals surface area contributed by atoms with Crippen LogP contribution in [0.25, 0.3) is 0 Å². The summed E-state index contributed by atoms with van der Waals surface area (Å²) in [5.74, 6) is 1.71. The molecular formula is C18H31IN4O2. The summed E-state index contributed by atoms with van der Waals surface area (Å²) in [4.78, 5) is 6.81. The summed E-state index contributed by atoms with van der Waals surface area (Å²) in [6.07, 6.45) is 2.53. The Hall–Kier alpha value is -1.06. The Bertz CT molecular complexity index is 522. The maximum Gasteiger partial charge on any atom is 0.191 e. The van der Waals surface area contributed by atoms with Crippen molar-refractivity contribution in [3.63, 3.8) is 0 Å². The second-order valence-electron chi connectivity index (χ2n) is 5.91. The zero-order chi connectivity index (χ0) is 17.2. The molecule has 1 aliphatic heterocycles. The number of nitrogens with zero attached hydrogens (tertiary/aromatic N) is 2. The van der Waals surface area contributed by atoms with Crippen LogP contribution in [-0.2, 0) is 4.74 Å². The molecule has 142 valence electrons. The number of aliphatic imine (C=N–C) groups is 1. The molecule has 0 aromatic heterocycles. The van der Waals surface area contributed by atoms with Crippen molar-refractivity contribution >= 4 is 29.9 Å². The molecule has 0 saturated carbocycles. The smallest absolute Gasteiger partial charge is 0.191 e. The fourth-order valence-corrected chi connectivity index (χ4v) is 3.05. The zero-order valence-corrected chi connectivity index (χ0v) is 17.8. The van der Waals surface area contributed by atoms with Gasteiger partial charge < -0.3 is 20.1 Å². The van der Waals surface area contributed by atoms with Gasteiger partial charge in [-0.25, -0.2) is 0 Å². The van der Waals surface area contributed by atoms with Gasteiger partial charge in [0.1, 0.15) is 5.75 Å². The van der Waals surface area contributed by atoms with Gasteiger partial charge >= 0.3 is 0 Å². The van der Waals surface area contributed by atoms with Gasteiger partial charge in [-0.1, -0.05) is 12.1 Å². The second kappa shape index (κ2) is 12.3. The van der Waals surface area contributed by atoms with Crippen LogP contribution in [0.5, 0.6) is 5.75 Å². The number of halogens is 1. The molecule has 1 aromatic carbocycles. The maximum atomic E-state index is 5.39. The van der Waals surface area contributed by atoms with Gasteiger partial charge in [-0.3, -0.25) is 9.89 Å². The van der Waals surface area contributed by atoms with E-state index in [0.717, 1.165) is 37.9 Å². The minimum Gasteiger partial charge on any atom is -0.497 e.